The fraction of sp³-hybridized carbons (Fsp3) is 0.133. The van der Waals surface area contributed by atoms with Crippen LogP contribution in [0.25, 0.3) is 0 Å². The van der Waals surface area contributed by atoms with Crippen molar-refractivity contribution in [2.24, 2.45) is 0 Å². The van der Waals surface area contributed by atoms with E-state index in [1.165, 1.54) is 11.8 Å². The number of benzene rings is 1. The van der Waals surface area contributed by atoms with Gasteiger partial charge in [0.25, 0.3) is 5.91 Å². The van der Waals surface area contributed by atoms with Crippen molar-refractivity contribution in [2.45, 2.75) is 5.03 Å². The molecule has 2 aromatic rings. The van der Waals surface area contributed by atoms with Crippen LogP contribution < -0.4 is 10.1 Å². The van der Waals surface area contributed by atoms with E-state index in [0.717, 1.165) is 5.03 Å². The molecule has 0 aliphatic carbocycles. The van der Waals surface area contributed by atoms with Crippen LogP contribution in [0.15, 0.2) is 47.6 Å². The van der Waals surface area contributed by atoms with Gasteiger partial charge in [0.1, 0.15) is 5.75 Å². The van der Waals surface area contributed by atoms with Gasteiger partial charge in [0, 0.05) is 11.8 Å². The number of thioether (sulfide) groups is 1. The van der Waals surface area contributed by atoms with Gasteiger partial charge in [0.05, 0.1) is 16.5 Å². The molecule has 1 aliphatic heterocycles. The van der Waals surface area contributed by atoms with Gasteiger partial charge in [-0.25, -0.2) is 4.98 Å². The van der Waals surface area contributed by atoms with E-state index in [0.29, 0.717) is 22.8 Å². The summed E-state index contributed by atoms with van der Waals surface area (Å²) in [7, 11) is 0. The average molecular weight is 300 g/mol. The Morgan fingerprint density at radius 1 is 1.33 bits per heavy atom. The lowest BCUT2D eigenvalue weighted by Gasteiger charge is -2.18. The number of anilines is 1. The number of amides is 1. The number of ether oxygens (including phenoxy) is 1. The summed E-state index contributed by atoms with van der Waals surface area (Å²) in [6.45, 7) is 0.00974. The third-order valence-corrected chi connectivity index (χ3v) is 3.87. The van der Waals surface area contributed by atoms with Gasteiger partial charge in [0.2, 0.25) is 0 Å². The van der Waals surface area contributed by atoms with E-state index < -0.39 is 0 Å². The minimum Gasteiger partial charge on any atom is -0.482 e. The molecule has 0 atom stereocenters. The van der Waals surface area contributed by atoms with Crippen molar-refractivity contribution in [1.29, 1.82) is 0 Å². The van der Waals surface area contributed by atoms with Gasteiger partial charge in [-0.2, -0.15) is 0 Å². The predicted octanol–water partition coefficient (Wildman–Crippen LogP) is 2.39. The topological polar surface area (TPSA) is 68.3 Å². The molecular weight excluding hydrogens is 288 g/mol. The lowest BCUT2D eigenvalue weighted by atomic mass is 10.1. The van der Waals surface area contributed by atoms with Gasteiger partial charge in [-0.15, -0.1) is 0 Å². The molecule has 5 nitrogen and oxygen atoms in total. The Balaban J connectivity index is 1.70. The van der Waals surface area contributed by atoms with Gasteiger partial charge in [-0.1, -0.05) is 17.8 Å². The number of nitrogens with zero attached hydrogens (tertiary/aromatic N) is 1. The zero-order valence-electron chi connectivity index (χ0n) is 11.0. The molecule has 1 aromatic carbocycles. The number of hydrogen-bond acceptors (Lipinski definition) is 5. The number of pyridine rings is 1. The molecule has 0 bridgehead atoms. The fourth-order valence-corrected chi connectivity index (χ4v) is 2.67. The quantitative estimate of drug-likeness (QED) is 0.693. The molecule has 1 aliphatic rings. The molecule has 6 heteroatoms. The second kappa shape index (κ2) is 5.97. The van der Waals surface area contributed by atoms with Crippen LogP contribution in [-0.2, 0) is 4.79 Å². The molecule has 2 heterocycles. The summed E-state index contributed by atoms with van der Waals surface area (Å²) >= 11 is 1.38. The minimum absolute atomic E-state index is 0.00974. The highest BCUT2D eigenvalue weighted by molar-refractivity contribution is 7.99. The monoisotopic (exact) mass is 300 g/mol. The number of ketones is 1. The summed E-state index contributed by atoms with van der Waals surface area (Å²) in [4.78, 5) is 27.6. The van der Waals surface area contributed by atoms with Crippen molar-refractivity contribution in [3.63, 3.8) is 0 Å². The molecule has 1 N–H and O–H groups in total. The van der Waals surface area contributed by atoms with Crippen molar-refractivity contribution < 1.29 is 14.3 Å². The molecule has 0 saturated heterocycles. The van der Waals surface area contributed by atoms with Crippen molar-refractivity contribution in [1.82, 2.24) is 4.98 Å². The smallest absolute Gasteiger partial charge is 0.262 e. The maximum atomic E-state index is 12.2. The first-order valence-corrected chi connectivity index (χ1v) is 7.35. The Kier molecular flexibility index (Phi) is 3.87. The summed E-state index contributed by atoms with van der Waals surface area (Å²) in [6, 6.07) is 10.6. The van der Waals surface area contributed by atoms with Crippen LogP contribution in [-0.4, -0.2) is 29.0 Å². The second-order valence-corrected chi connectivity index (χ2v) is 5.42. The average Bonchev–Trinajstić information content (AvgIpc) is 2.53. The number of carbonyl (C=O) groups is 2. The summed E-state index contributed by atoms with van der Waals surface area (Å²) < 4.78 is 5.26. The molecule has 3 rings (SSSR count). The summed E-state index contributed by atoms with van der Waals surface area (Å²) in [5.41, 5.74) is 1.09. The van der Waals surface area contributed by atoms with E-state index >= 15 is 0 Å². The van der Waals surface area contributed by atoms with E-state index in [1.807, 2.05) is 18.2 Å². The largest absolute Gasteiger partial charge is 0.482 e. The van der Waals surface area contributed by atoms with Crippen LogP contribution in [0.5, 0.6) is 5.75 Å². The summed E-state index contributed by atoms with van der Waals surface area (Å²) in [5, 5.41) is 3.50. The Morgan fingerprint density at radius 3 is 3.05 bits per heavy atom. The van der Waals surface area contributed by atoms with Gasteiger partial charge in [0.15, 0.2) is 12.4 Å². The van der Waals surface area contributed by atoms with E-state index in [9.17, 15) is 9.59 Å². The lowest BCUT2D eigenvalue weighted by Crippen LogP contribution is -2.25. The molecular formula is C15H12N2O3S. The van der Waals surface area contributed by atoms with Crippen molar-refractivity contribution in [3.8, 4) is 5.75 Å². The first-order chi connectivity index (χ1) is 10.2. The lowest BCUT2D eigenvalue weighted by molar-refractivity contribution is -0.118. The molecule has 0 fully saturated rings. The van der Waals surface area contributed by atoms with Crippen molar-refractivity contribution >= 4 is 29.1 Å². The zero-order valence-corrected chi connectivity index (χ0v) is 11.9. The Morgan fingerprint density at radius 2 is 2.24 bits per heavy atom. The normalized spacial score (nSPS) is 13.0. The van der Waals surface area contributed by atoms with E-state index in [-0.39, 0.29) is 18.3 Å². The van der Waals surface area contributed by atoms with Crippen LogP contribution in [0.3, 0.4) is 0 Å². The standard InChI is InChI=1S/C15H12N2O3S/c18-12(9-21-15-3-1-2-6-16-15)10-4-5-13-11(7-10)17-14(19)8-20-13/h1-7H,8-9H2,(H,17,19). The first kappa shape index (κ1) is 13.6. The Hall–Kier alpha value is -2.34. The minimum atomic E-state index is -0.213. The molecule has 106 valence electrons. The third-order valence-electron chi connectivity index (χ3n) is 2.92. The molecule has 0 saturated carbocycles. The Labute approximate surface area is 125 Å². The van der Waals surface area contributed by atoms with Crippen LogP contribution in [0.2, 0.25) is 0 Å². The van der Waals surface area contributed by atoms with Crippen LogP contribution in [0, 0.1) is 0 Å². The van der Waals surface area contributed by atoms with Crippen LogP contribution >= 0.6 is 11.8 Å². The van der Waals surface area contributed by atoms with Crippen LogP contribution in [0.4, 0.5) is 5.69 Å². The summed E-state index contributed by atoms with van der Waals surface area (Å²) in [6.07, 6.45) is 1.69. The molecule has 0 spiro atoms. The molecule has 0 radical (unpaired) electrons. The van der Waals surface area contributed by atoms with Gasteiger partial charge in [-0.3, -0.25) is 9.59 Å². The highest BCUT2D eigenvalue weighted by atomic mass is 32.2. The number of rotatable bonds is 4. The van der Waals surface area contributed by atoms with Crippen molar-refractivity contribution in [3.05, 3.63) is 48.2 Å². The fourth-order valence-electron chi connectivity index (χ4n) is 1.91. The number of carbonyl (C=O) groups excluding carboxylic acids is 2. The number of hydrogen-bond donors (Lipinski definition) is 1. The number of Topliss-reactive ketones (excluding diaryl/α,β-unsaturated/α-hetero) is 1. The molecule has 1 amide bonds. The highest BCUT2D eigenvalue weighted by Crippen LogP contribution is 2.29. The maximum absolute atomic E-state index is 12.2. The second-order valence-electron chi connectivity index (χ2n) is 4.43. The third kappa shape index (κ3) is 3.22. The maximum Gasteiger partial charge on any atom is 0.262 e. The van der Waals surface area contributed by atoms with E-state index in [2.05, 4.69) is 10.3 Å². The van der Waals surface area contributed by atoms with Gasteiger partial charge in [-0.05, 0) is 30.3 Å². The molecule has 0 unspecified atom stereocenters. The van der Waals surface area contributed by atoms with Gasteiger partial charge >= 0.3 is 0 Å². The van der Waals surface area contributed by atoms with Crippen molar-refractivity contribution in [2.75, 3.05) is 17.7 Å². The number of aromatic nitrogens is 1. The Bertz CT molecular complexity index is 689. The van der Waals surface area contributed by atoms with Crippen LogP contribution in [0.1, 0.15) is 10.4 Å². The van der Waals surface area contributed by atoms with Gasteiger partial charge < -0.3 is 10.1 Å². The predicted molar refractivity (Wildman–Crippen MR) is 79.9 cm³/mol. The molecule has 1 aromatic heterocycles. The number of nitrogens with one attached hydrogen (secondary N) is 1. The van der Waals surface area contributed by atoms with E-state index in [1.54, 1.807) is 24.4 Å². The molecule has 21 heavy (non-hydrogen) atoms. The summed E-state index contributed by atoms with van der Waals surface area (Å²) in [5.74, 6) is 0.650. The SMILES string of the molecule is O=C1COc2ccc(C(=O)CSc3ccccn3)cc2N1. The zero-order chi connectivity index (χ0) is 14.7. The first-order valence-electron chi connectivity index (χ1n) is 6.36. The highest BCUT2D eigenvalue weighted by Gasteiger charge is 2.17. The van der Waals surface area contributed by atoms with E-state index in [4.69, 9.17) is 4.74 Å². The number of fused-ring (bicyclic) bond motifs is 1.